The number of ether oxygens (including phenoxy) is 1. The summed E-state index contributed by atoms with van der Waals surface area (Å²) in [6.45, 7) is 2.72. The first kappa shape index (κ1) is 18.3. The van der Waals surface area contributed by atoms with Crippen molar-refractivity contribution in [3.63, 3.8) is 0 Å². The first-order chi connectivity index (χ1) is 14.2. The van der Waals surface area contributed by atoms with Gasteiger partial charge in [-0.2, -0.15) is 5.10 Å². The Morgan fingerprint density at radius 2 is 2.00 bits per heavy atom. The van der Waals surface area contributed by atoms with Crippen molar-refractivity contribution in [1.82, 2.24) is 9.78 Å². The standard InChI is InChI=1S/C25H29N3O/c1-17-14-20(28-24-9-4-3-6-19(24)15-27-28)12-13-25(17)29-16-22-21(18-10-11-18)7-5-8-23(22)26-2/h5,7-8,12-15,18,26H,3-4,6,9-11,16H2,1-2H3. The minimum Gasteiger partial charge on any atom is -0.489 e. The van der Waals surface area contributed by atoms with E-state index >= 15 is 0 Å². The Balaban J connectivity index is 1.38. The van der Waals surface area contributed by atoms with Crippen molar-refractivity contribution in [1.29, 1.82) is 0 Å². The van der Waals surface area contributed by atoms with Gasteiger partial charge in [-0.05, 0) is 92.3 Å². The fraction of sp³-hybridized carbons (Fsp3) is 0.400. The summed E-state index contributed by atoms with van der Waals surface area (Å²) in [5.74, 6) is 1.65. The zero-order valence-electron chi connectivity index (χ0n) is 17.4. The molecule has 1 N–H and O–H groups in total. The quantitative estimate of drug-likeness (QED) is 0.602. The van der Waals surface area contributed by atoms with Gasteiger partial charge in [-0.3, -0.25) is 0 Å². The largest absolute Gasteiger partial charge is 0.489 e. The van der Waals surface area contributed by atoms with Gasteiger partial charge in [0.05, 0.1) is 11.9 Å². The van der Waals surface area contributed by atoms with Crippen LogP contribution in [-0.4, -0.2) is 16.8 Å². The van der Waals surface area contributed by atoms with Crippen molar-refractivity contribution in [3.8, 4) is 11.4 Å². The lowest BCUT2D eigenvalue weighted by Crippen LogP contribution is -2.08. The van der Waals surface area contributed by atoms with E-state index in [1.165, 1.54) is 53.8 Å². The van der Waals surface area contributed by atoms with Gasteiger partial charge in [0.2, 0.25) is 0 Å². The van der Waals surface area contributed by atoms with Crippen LogP contribution < -0.4 is 10.1 Å². The van der Waals surface area contributed by atoms with Gasteiger partial charge in [0.15, 0.2) is 0 Å². The molecule has 3 aromatic rings. The molecule has 1 aromatic heterocycles. The van der Waals surface area contributed by atoms with Crippen LogP contribution >= 0.6 is 0 Å². The van der Waals surface area contributed by atoms with E-state index in [2.05, 4.69) is 58.4 Å². The van der Waals surface area contributed by atoms with Crippen LogP contribution in [0.4, 0.5) is 5.69 Å². The zero-order valence-corrected chi connectivity index (χ0v) is 17.4. The molecule has 0 atom stereocenters. The van der Waals surface area contributed by atoms with Gasteiger partial charge in [-0.25, -0.2) is 4.68 Å². The van der Waals surface area contributed by atoms with Crippen LogP contribution in [0.25, 0.3) is 5.69 Å². The minimum atomic E-state index is 0.597. The van der Waals surface area contributed by atoms with Crippen molar-refractivity contribution in [2.24, 2.45) is 0 Å². The maximum absolute atomic E-state index is 6.30. The molecule has 1 fully saturated rings. The van der Waals surface area contributed by atoms with E-state index < -0.39 is 0 Å². The number of hydrogen-bond donors (Lipinski definition) is 1. The zero-order chi connectivity index (χ0) is 19.8. The molecule has 1 heterocycles. The summed E-state index contributed by atoms with van der Waals surface area (Å²) in [5.41, 5.74) is 8.97. The molecule has 29 heavy (non-hydrogen) atoms. The number of fused-ring (bicyclic) bond motifs is 1. The second-order valence-electron chi connectivity index (χ2n) is 8.37. The van der Waals surface area contributed by atoms with E-state index in [1.807, 2.05) is 13.2 Å². The van der Waals surface area contributed by atoms with Crippen molar-refractivity contribution in [2.75, 3.05) is 12.4 Å². The Labute approximate surface area is 172 Å². The van der Waals surface area contributed by atoms with Crippen LogP contribution in [0.3, 0.4) is 0 Å². The number of aromatic nitrogens is 2. The maximum Gasteiger partial charge on any atom is 0.122 e. The molecule has 0 unspecified atom stereocenters. The Kier molecular flexibility index (Phi) is 4.78. The fourth-order valence-corrected chi connectivity index (χ4v) is 4.57. The summed E-state index contributed by atoms with van der Waals surface area (Å²) < 4.78 is 8.42. The molecular weight excluding hydrogens is 358 g/mol. The molecule has 2 aliphatic rings. The summed E-state index contributed by atoms with van der Waals surface area (Å²) in [4.78, 5) is 0. The SMILES string of the molecule is CNc1cccc(C2CC2)c1COc1ccc(-n2ncc3c2CCCC3)cc1C. The summed E-state index contributed by atoms with van der Waals surface area (Å²) in [7, 11) is 1.99. The van der Waals surface area contributed by atoms with E-state index in [-0.39, 0.29) is 0 Å². The molecule has 150 valence electrons. The molecule has 2 aromatic carbocycles. The highest BCUT2D eigenvalue weighted by Crippen LogP contribution is 2.43. The summed E-state index contributed by atoms with van der Waals surface area (Å²) in [6.07, 6.45) is 9.45. The first-order valence-corrected chi connectivity index (χ1v) is 10.8. The number of benzene rings is 2. The van der Waals surface area contributed by atoms with Crippen molar-refractivity contribution in [2.45, 2.75) is 58.0 Å². The highest BCUT2D eigenvalue weighted by molar-refractivity contribution is 5.56. The van der Waals surface area contributed by atoms with E-state index in [9.17, 15) is 0 Å². The van der Waals surface area contributed by atoms with Gasteiger partial charge in [-0.15, -0.1) is 0 Å². The van der Waals surface area contributed by atoms with Gasteiger partial charge in [0.25, 0.3) is 0 Å². The molecule has 0 bridgehead atoms. The fourth-order valence-electron chi connectivity index (χ4n) is 4.57. The topological polar surface area (TPSA) is 39.1 Å². The minimum absolute atomic E-state index is 0.597. The number of anilines is 1. The van der Waals surface area contributed by atoms with Crippen LogP contribution in [0.5, 0.6) is 5.75 Å². The lowest BCUT2D eigenvalue weighted by Gasteiger charge is -2.17. The average Bonchev–Trinajstić information content (AvgIpc) is 3.51. The first-order valence-electron chi connectivity index (χ1n) is 10.8. The smallest absolute Gasteiger partial charge is 0.122 e. The van der Waals surface area contributed by atoms with Crippen LogP contribution in [-0.2, 0) is 19.4 Å². The monoisotopic (exact) mass is 387 g/mol. The second-order valence-corrected chi connectivity index (χ2v) is 8.37. The van der Waals surface area contributed by atoms with Crippen molar-refractivity contribution in [3.05, 3.63) is 70.5 Å². The Bertz CT molecular complexity index is 1030. The summed E-state index contributed by atoms with van der Waals surface area (Å²) in [5, 5.41) is 8.00. The second kappa shape index (κ2) is 7.58. The van der Waals surface area contributed by atoms with Gasteiger partial charge in [-0.1, -0.05) is 12.1 Å². The molecule has 4 heteroatoms. The maximum atomic E-state index is 6.30. The predicted octanol–water partition coefficient (Wildman–Crippen LogP) is 5.56. The van der Waals surface area contributed by atoms with Crippen LogP contribution in [0, 0.1) is 6.92 Å². The molecular formula is C25H29N3O. The molecule has 0 amide bonds. The molecule has 2 aliphatic carbocycles. The van der Waals surface area contributed by atoms with Crippen LogP contribution in [0.15, 0.2) is 42.6 Å². The third-order valence-electron chi connectivity index (χ3n) is 6.34. The van der Waals surface area contributed by atoms with Crippen LogP contribution in [0.2, 0.25) is 0 Å². The Morgan fingerprint density at radius 3 is 2.79 bits per heavy atom. The van der Waals surface area contributed by atoms with E-state index in [4.69, 9.17) is 4.74 Å². The number of nitrogens with zero attached hydrogens (tertiary/aromatic N) is 2. The van der Waals surface area contributed by atoms with Gasteiger partial charge in [0, 0.05) is 24.0 Å². The number of aryl methyl sites for hydroxylation is 2. The average molecular weight is 388 g/mol. The molecule has 0 radical (unpaired) electrons. The number of rotatable bonds is 6. The van der Waals surface area contributed by atoms with Crippen molar-refractivity contribution >= 4 is 5.69 Å². The van der Waals surface area contributed by atoms with Gasteiger partial charge < -0.3 is 10.1 Å². The third kappa shape index (κ3) is 3.52. The molecule has 1 saturated carbocycles. The van der Waals surface area contributed by atoms with Gasteiger partial charge in [0.1, 0.15) is 12.4 Å². The lowest BCUT2D eigenvalue weighted by atomic mass is 9.98. The number of nitrogens with one attached hydrogen (secondary N) is 1. The molecule has 5 rings (SSSR count). The highest BCUT2D eigenvalue weighted by atomic mass is 16.5. The molecule has 0 saturated heterocycles. The molecule has 0 aliphatic heterocycles. The molecule has 4 nitrogen and oxygen atoms in total. The van der Waals surface area contributed by atoms with Crippen molar-refractivity contribution < 1.29 is 4.74 Å². The number of hydrogen-bond acceptors (Lipinski definition) is 3. The van der Waals surface area contributed by atoms with Gasteiger partial charge >= 0.3 is 0 Å². The third-order valence-corrected chi connectivity index (χ3v) is 6.34. The van der Waals surface area contributed by atoms with E-state index in [1.54, 1.807) is 0 Å². The predicted molar refractivity (Wildman–Crippen MR) is 117 cm³/mol. The Morgan fingerprint density at radius 1 is 1.14 bits per heavy atom. The van der Waals surface area contributed by atoms with E-state index in [0.717, 1.165) is 29.8 Å². The summed E-state index contributed by atoms with van der Waals surface area (Å²) >= 11 is 0. The Hall–Kier alpha value is -2.75. The van der Waals surface area contributed by atoms with Crippen LogP contribution in [0.1, 0.15) is 59.5 Å². The molecule has 0 spiro atoms. The lowest BCUT2D eigenvalue weighted by molar-refractivity contribution is 0.303. The summed E-state index contributed by atoms with van der Waals surface area (Å²) in [6, 6.07) is 13.0. The highest BCUT2D eigenvalue weighted by Gasteiger charge is 2.27. The normalized spacial score (nSPS) is 15.8. The van der Waals surface area contributed by atoms with E-state index in [0.29, 0.717) is 12.5 Å².